The molecule has 9 heteroatoms. The Balaban J connectivity index is 1.58. The number of nitrogens with one attached hydrogen (secondary N) is 2. The predicted octanol–water partition coefficient (Wildman–Crippen LogP) is 6.55. The molecule has 188 valence electrons. The summed E-state index contributed by atoms with van der Waals surface area (Å²) in [7, 11) is 0. The monoisotopic (exact) mass is 589 g/mol. The molecule has 1 unspecified atom stereocenters. The molecule has 0 saturated heterocycles. The smallest absolute Gasteiger partial charge is 0.262 e. The first-order valence-corrected chi connectivity index (χ1v) is 12.8. The number of ether oxygens (including phenoxy) is 1. The van der Waals surface area contributed by atoms with E-state index in [0.717, 1.165) is 15.6 Å². The molecule has 3 aromatic rings. The van der Waals surface area contributed by atoms with Crippen LogP contribution in [0.5, 0.6) is 5.75 Å². The van der Waals surface area contributed by atoms with Crippen LogP contribution >= 0.6 is 39.1 Å². The van der Waals surface area contributed by atoms with E-state index in [0.29, 0.717) is 17.4 Å². The second-order valence-corrected chi connectivity index (χ2v) is 10.2. The summed E-state index contributed by atoms with van der Waals surface area (Å²) in [5.74, 6) is -0.411. The molecule has 0 bridgehead atoms. The summed E-state index contributed by atoms with van der Waals surface area (Å²) < 4.78 is 6.65. The quantitative estimate of drug-likeness (QED) is 0.219. The molecule has 0 spiro atoms. The maximum atomic E-state index is 12.7. The molecule has 2 N–H and O–H groups in total. The molecule has 6 nitrogen and oxygen atoms in total. The van der Waals surface area contributed by atoms with E-state index in [-0.39, 0.29) is 16.5 Å². The minimum atomic E-state index is -0.814. The highest BCUT2D eigenvalue weighted by Crippen LogP contribution is 2.26. The van der Waals surface area contributed by atoms with Crippen molar-refractivity contribution >= 4 is 57.2 Å². The first-order valence-electron chi connectivity index (χ1n) is 11.2. The third-order valence-electron chi connectivity index (χ3n) is 5.27. The normalized spacial score (nSPS) is 12.0. The van der Waals surface area contributed by atoms with Gasteiger partial charge in [0.15, 0.2) is 0 Å². The number of rotatable bonds is 9. The van der Waals surface area contributed by atoms with Gasteiger partial charge < -0.3 is 10.1 Å². The van der Waals surface area contributed by atoms with Crippen molar-refractivity contribution in [3.63, 3.8) is 0 Å². The third-order valence-corrected chi connectivity index (χ3v) is 6.44. The Morgan fingerprint density at radius 2 is 1.78 bits per heavy atom. The lowest BCUT2D eigenvalue weighted by atomic mass is 10.0. The van der Waals surface area contributed by atoms with Crippen molar-refractivity contribution in [2.75, 3.05) is 0 Å². The Morgan fingerprint density at radius 1 is 1.06 bits per heavy atom. The molecule has 0 aromatic heterocycles. The molecular weight excluding hydrogens is 565 g/mol. The zero-order chi connectivity index (χ0) is 26.2. The Labute approximate surface area is 229 Å². The van der Waals surface area contributed by atoms with Gasteiger partial charge in [-0.2, -0.15) is 5.10 Å². The number of nitrogens with zero attached hydrogens (tertiary/aromatic N) is 1. The van der Waals surface area contributed by atoms with E-state index in [1.165, 1.54) is 23.9 Å². The molecule has 0 radical (unpaired) electrons. The molecule has 3 aromatic carbocycles. The maximum Gasteiger partial charge on any atom is 0.262 e. The molecule has 0 aliphatic rings. The number of hydrogen-bond donors (Lipinski definition) is 2. The van der Waals surface area contributed by atoms with Crippen LogP contribution in [0.2, 0.25) is 10.0 Å². The maximum absolute atomic E-state index is 12.7. The Bertz CT molecular complexity index is 1260. The number of aryl methyl sites for hydroxylation is 1. The molecule has 0 fully saturated rings. The molecule has 36 heavy (non-hydrogen) atoms. The van der Waals surface area contributed by atoms with Gasteiger partial charge in [0.25, 0.3) is 11.8 Å². The van der Waals surface area contributed by atoms with Gasteiger partial charge in [-0.25, -0.2) is 5.43 Å². The van der Waals surface area contributed by atoms with Crippen molar-refractivity contribution < 1.29 is 14.3 Å². The summed E-state index contributed by atoms with van der Waals surface area (Å²) in [6.07, 6.45) is 1.52. The van der Waals surface area contributed by atoms with Crippen LogP contribution in [-0.4, -0.2) is 24.1 Å². The summed E-state index contributed by atoms with van der Waals surface area (Å²) in [6.45, 7) is 6.14. The van der Waals surface area contributed by atoms with Gasteiger partial charge >= 0.3 is 0 Å². The van der Waals surface area contributed by atoms with E-state index in [1.54, 1.807) is 6.07 Å². The fourth-order valence-corrected chi connectivity index (χ4v) is 4.23. The van der Waals surface area contributed by atoms with Crippen LogP contribution in [0.15, 0.2) is 70.2 Å². The van der Waals surface area contributed by atoms with E-state index in [2.05, 4.69) is 31.8 Å². The number of hydrogen-bond acceptors (Lipinski definition) is 4. The first-order chi connectivity index (χ1) is 17.1. The number of hydrazone groups is 1. The predicted molar refractivity (Wildman–Crippen MR) is 148 cm³/mol. The van der Waals surface area contributed by atoms with Crippen molar-refractivity contribution in [1.29, 1.82) is 0 Å². The summed E-state index contributed by atoms with van der Waals surface area (Å²) in [4.78, 5) is 25.4. The topological polar surface area (TPSA) is 79.8 Å². The lowest BCUT2D eigenvalue weighted by molar-refractivity contribution is -0.123. The summed E-state index contributed by atoms with van der Waals surface area (Å²) in [6, 6.07) is 17.4. The van der Waals surface area contributed by atoms with Gasteiger partial charge in [-0.05, 0) is 76.3 Å². The molecular formula is C27H26BrCl2N3O3. The summed E-state index contributed by atoms with van der Waals surface area (Å²) in [5.41, 5.74) is 5.75. The summed E-state index contributed by atoms with van der Waals surface area (Å²) in [5, 5.41) is 7.38. The van der Waals surface area contributed by atoms with Crippen LogP contribution in [-0.2, 0) is 11.4 Å². The van der Waals surface area contributed by atoms with E-state index in [1.807, 2.05) is 63.2 Å². The number of amides is 2. The van der Waals surface area contributed by atoms with Crippen LogP contribution in [0.1, 0.15) is 40.9 Å². The minimum Gasteiger partial charge on any atom is -0.488 e. The zero-order valence-electron chi connectivity index (χ0n) is 20.0. The van der Waals surface area contributed by atoms with Gasteiger partial charge in [0.1, 0.15) is 18.4 Å². The van der Waals surface area contributed by atoms with Gasteiger partial charge in [0.05, 0.1) is 21.3 Å². The standard InChI is InChI=1S/C27H26BrCl2N3O3/c1-16(2)25(32-26(34)21-10-9-20(29)13-23(21)30)27(35)33-31-14-19-8-11-24(22(28)12-19)36-15-18-6-4-17(3)5-7-18/h4-14,16,25H,15H2,1-3H3,(H,32,34)(H,33,35). The Morgan fingerprint density at radius 3 is 2.42 bits per heavy atom. The summed E-state index contributed by atoms with van der Waals surface area (Å²) >= 11 is 15.5. The highest BCUT2D eigenvalue weighted by molar-refractivity contribution is 9.10. The number of benzene rings is 3. The zero-order valence-corrected chi connectivity index (χ0v) is 23.1. The number of halogens is 3. The first kappa shape index (κ1) is 27.7. The fraction of sp³-hybridized carbons (Fsp3) is 0.222. The van der Waals surface area contributed by atoms with Crippen molar-refractivity contribution in [3.8, 4) is 5.75 Å². The van der Waals surface area contributed by atoms with E-state index in [4.69, 9.17) is 27.9 Å². The fourth-order valence-electron chi connectivity index (χ4n) is 3.23. The minimum absolute atomic E-state index is 0.186. The highest BCUT2D eigenvalue weighted by Gasteiger charge is 2.25. The van der Waals surface area contributed by atoms with Gasteiger partial charge in [-0.15, -0.1) is 0 Å². The van der Waals surface area contributed by atoms with Gasteiger partial charge in [0, 0.05) is 5.02 Å². The largest absolute Gasteiger partial charge is 0.488 e. The molecule has 0 heterocycles. The van der Waals surface area contributed by atoms with Crippen molar-refractivity contribution in [3.05, 3.63) is 97.4 Å². The average molecular weight is 591 g/mol. The third kappa shape index (κ3) is 7.82. The van der Waals surface area contributed by atoms with Gasteiger partial charge in [-0.3, -0.25) is 9.59 Å². The Kier molecular flexibility index (Phi) is 9.93. The molecule has 1 atom stereocenters. The van der Waals surface area contributed by atoms with Crippen molar-refractivity contribution in [2.45, 2.75) is 33.4 Å². The molecule has 0 aliphatic heterocycles. The molecule has 2 amide bonds. The highest BCUT2D eigenvalue weighted by atomic mass is 79.9. The molecule has 0 saturated carbocycles. The van der Waals surface area contributed by atoms with Crippen LogP contribution in [0.3, 0.4) is 0 Å². The lowest BCUT2D eigenvalue weighted by Gasteiger charge is -2.20. The lowest BCUT2D eigenvalue weighted by Crippen LogP contribution is -2.48. The van der Waals surface area contributed by atoms with E-state index < -0.39 is 17.9 Å². The SMILES string of the molecule is Cc1ccc(COc2ccc(C=NNC(=O)C(NC(=O)c3ccc(Cl)cc3Cl)C(C)C)cc2Br)cc1. The van der Waals surface area contributed by atoms with Crippen molar-refractivity contribution in [2.24, 2.45) is 11.0 Å². The van der Waals surface area contributed by atoms with Crippen LogP contribution in [0, 0.1) is 12.8 Å². The van der Waals surface area contributed by atoms with Gasteiger partial charge in [0.2, 0.25) is 0 Å². The Hall–Kier alpha value is -2.87. The second-order valence-electron chi connectivity index (χ2n) is 8.52. The molecule has 0 aliphatic carbocycles. The number of carbonyl (C=O) groups excluding carboxylic acids is 2. The van der Waals surface area contributed by atoms with Crippen LogP contribution in [0.25, 0.3) is 0 Å². The van der Waals surface area contributed by atoms with Gasteiger partial charge in [-0.1, -0.05) is 66.9 Å². The molecule has 3 rings (SSSR count). The van der Waals surface area contributed by atoms with Crippen LogP contribution < -0.4 is 15.5 Å². The number of carbonyl (C=O) groups is 2. The average Bonchev–Trinajstić information content (AvgIpc) is 2.82. The van der Waals surface area contributed by atoms with E-state index >= 15 is 0 Å². The van der Waals surface area contributed by atoms with E-state index in [9.17, 15) is 9.59 Å². The second kappa shape index (κ2) is 12.9. The van der Waals surface area contributed by atoms with Crippen LogP contribution in [0.4, 0.5) is 0 Å². The van der Waals surface area contributed by atoms with Crippen molar-refractivity contribution in [1.82, 2.24) is 10.7 Å².